The smallest absolute Gasteiger partial charge is 0.232 e. The SMILES string of the molecule is COc1ccccc1N1C(=O)CC(c2ccco2)C2=C1CCCC2=O. The Hall–Kier alpha value is -2.82. The molecule has 2 aliphatic rings. The predicted molar refractivity (Wildman–Crippen MR) is 92.4 cm³/mol. The number of para-hydroxylation sites is 2. The molecule has 1 aliphatic heterocycles. The molecule has 0 saturated heterocycles. The minimum atomic E-state index is -0.295. The molecule has 1 unspecified atom stereocenters. The zero-order valence-electron chi connectivity index (χ0n) is 14.0. The summed E-state index contributed by atoms with van der Waals surface area (Å²) in [4.78, 5) is 27.4. The lowest BCUT2D eigenvalue weighted by atomic mass is 9.79. The first-order valence-corrected chi connectivity index (χ1v) is 8.46. The number of ketones is 1. The zero-order valence-corrected chi connectivity index (χ0v) is 14.0. The van der Waals surface area contributed by atoms with Gasteiger partial charge in [0.1, 0.15) is 11.5 Å². The molecule has 0 spiro atoms. The van der Waals surface area contributed by atoms with Gasteiger partial charge in [0, 0.05) is 24.1 Å². The molecule has 5 nitrogen and oxygen atoms in total. The first kappa shape index (κ1) is 15.7. The van der Waals surface area contributed by atoms with Gasteiger partial charge < -0.3 is 9.15 Å². The van der Waals surface area contributed by atoms with Gasteiger partial charge in [-0.3, -0.25) is 14.5 Å². The van der Waals surface area contributed by atoms with E-state index in [4.69, 9.17) is 9.15 Å². The minimum Gasteiger partial charge on any atom is -0.495 e. The van der Waals surface area contributed by atoms with E-state index in [9.17, 15) is 9.59 Å². The monoisotopic (exact) mass is 337 g/mol. The first-order chi connectivity index (χ1) is 12.2. The highest BCUT2D eigenvalue weighted by Crippen LogP contribution is 2.45. The quantitative estimate of drug-likeness (QED) is 0.854. The fourth-order valence-electron chi connectivity index (χ4n) is 3.82. The Morgan fingerprint density at radius 2 is 1.96 bits per heavy atom. The fraction of sp³-hybridized carbons (Fsp3) is 0.300. The van der Waals surface area contributed by atoms with E-state index in [1.54, 1.807) is 24.3 Å². The number of hydrogen-bond acceptors (Lipinski definition) is 4. The summed E-state index contributed by atoms with van der Waals surface area (Å²) in [6, 6.07) is 11.0. The number of Topliss-reactive ketones (excluding diaryl/α,β-unsaturated/α-hetero) is 1. The number of benzene rings is 1. The van der Waals surface area contributed by atoms with Gasteiger partial charge in [-0.15, -0.1) is 0 Å². The Labute approximate surface area is 145 Å². The van der Waals surface area contributed by atoms with Gasteiger partial charge in [-0.05, 0) is 37.1 Å². The average Bonchev–Trinajstić information content (AvgIpc) is 3.16. The van der Waals surface area contributed by atoms with Crippen molar-refractivity contribution in [3.05, 3.63) is 59.7 Å². The van der Waals surface area contributed by atoms with Crippen LogP contribution in [0.25, 0.3) is 0 Å². The topological polar surface area (TPSA) is 59.8 Å². The number of carbonyl (C=O) groups excluding carboxylic acids is 2. The van der Waals surface area contributed by atoms with Crippen LogP contribution in [-0.2, 0) is 9.59 Å². The molecule has 5 heteroatoms. The summed E-state index contributed by atoms with van der Waals surface area (Å²) in [6.07, 6.45) is 3.77. The Morgan fingerprint density at radius 3 is 2.72 bits per heavy atom. The molecule has 128 valence electrons. The van der Waals surface area contributed by atoms with E-state index < -0.39 is 0 Å². The molecule has 1 atom stereocenters. The average molecular weight is 337 g/mol. The molecule has 1 aromatic carbocycles. The van der Waals surface area contributed by atoms with Gasteiger partial charge in [0.05, 0.1) is 25.0 Å². The number of hydrogen-bond donors (Lipinski definition) is 0. The maximum atomic E-state index is 13.0. The van der Waals surface area contributed by atoms with Crippen molar-refractivity contribution in [1.29, 1.82) is 0 Å². The van der Waals surface area contributed by atoms with Crippen LogP contribution in [-0.4, -0.2) is 18.8 Å². The van der Waals surface area contributed by atoms with Crippen LogP contribution >= 0.6 is 0 Å². The van der Waals surface area contributed by atoms with Gasteiger partial charge in [-0.25, -0.2) is 0 Å². The highest BCUT2D eigenvalue weighted by molar-refractivity contribution is 6.07. The van der Waals surface area contributed by atoms with Crippen molar-refractivity contribution in [3.63, 3.8) is 0 Å². The number of rotatable bonds is 3. The van der Waals surface area contributed by atoms with E-state index in [-0.39, 0.29) is 24.0 Å². The summed E-state index contributed by atoms with van der Waals surface area (Å²) in [7, 11) is 1.58. The zero-order chi connectivity index (χ0) is 17.4. The molecular formula is C20H19NO4. The molecule has 25 heavy (non-hydrogen) atoms. The standard InChI is InChI=1S/C20H19NO4/c1-24-18-9-3-2-6-14(18)21-15-7-4-8-16(22)20(15)13(12-19(21)23)17-10-5-11-25-17/h2-3,5-6,9-11,13H,4,7-8,12H2,1H3. The van der Waals surface area contributed by atoms with Crippen molar-refractivity contribution in [2.24, 2.45) is 0 Å². The maximum absolute atomic E-state index is 13.0. The van der Waals surface area contributed by atoms with Crippen molar-refractivity contribution < 1.29 is 18.7 Å². The third-order valence-electron chi connectivity index (χ3n) is 4.89. The molecule has 0 bridgehead atoms. The van der Waals surface area contributed by atoms with Gasteiger partial charge in [-0.2, -0.15) is 0 Å². The van der Waals surface area contributed by atoms with E-state index in [1.807, 2.05) is 30.3 Å². The van der Waals surface area contributed by atoms with Crippen molar-refractivity contribution in [2.45, 2.75) is 31.6 Å². The summed E-state index contributed by atoms with van der Waals surface area (Å²) in [6.45, 7) is 0. The second-order valence-electron chi connectivity index (χ2n) is 6.31. The molecule has 1 aliphatic carbocycles. The van der Waals surface area contributed by atoms with Crippen molar-refractivity contribution in [3.8, 4) is 5.75 Å². The molecule has 2 heterocycles. The number of ether oxygens (including phenoxy) is 1. The molecular weight excluding hydrogens is 318 g/mol. The number of amides is 1. The highest BCUT2D eigenvalue weighted by atomic mass is 16.5. The van der Waals surface area contributed by atoms with Crippen molar-refractivity contribution >= 4 is 17.4 Å². The van der Waals surface area contributed by atoms with E-state index in [2.05, 4.69) is 0 Å². The summed E-state index contributed by atoms with van der Waals surface area (Å²) < 4.78 is 11.0. The Kier molecular flexibility index (Phi) is 3.92. The number of anilines is 1. The van der Waals surface area contributed by atoms with Crippen LogP contribution in [0.3, 0.4) is 0 Å². The van der Waals surface area contributed by atoms with Crippen molar-refractivity contribution in [1.82, 2.24) is 0 Å². The second kappa shape index (κ2) is 6.24. The van der Waals surface area contributed by atoms with E-state index in [0.717, 1.165) is 12.1 Å². The van der Waals surface area contributed by atoms with E-state index >= 15 is 0 Å². The lowest BCUT2D eigenvalue weighted by Gasteiger charge is -2.37. The largest absolute Gasteiger partial charge is 0.495 e. The minimum absolute atomic E-state index is 0.0423. The molecule has 0 saturated carbocycles. The first-order valence-electron chi connectivity index (χ1n) is 8.46. The van der Waals surface area contributed by atoms with Gasteiger partial charge in [0.15, 0.2) is 5.78 Å². The lowest BCUT2D eigenvalue weighted by molar-refractivity contribution is -0.120. The molecule has 2 aromatic rings. The number of methoxy groups -OCH3 is 1. The van der Waals surface area contributed by atoms with Gasteiger partial charge in [0.2, 0.25) is 5.91 Å². The molecule has 1 aromatic heterocycles. The van der Waals surface area contributed by atoms with Gasteiger partial charge >= 0.3 is 0 Å². The molecule has 1 amide bonds. The van der Waals surface area contributed by atoms with Gasteiger partial charge in [0.25, 0.3) is 0 Å². The number of allylic oxidation sites excluding steroid dienone is 2. The van der Waals surface area contributed by atoms with Crippen LogP contribution in [0.4, 0.5) is 5.69 Å². The van der Waals surface area contributed by atoms with Crippen molar-refractivity contribution in [2.75, 3.05) is 12.0 Å². The summed E-state index contributed by atoms with van der Waals surface area (Å²) in [5.41, 5.74) is 2.19. The maximum Gasteiger partial charge on any atom is 0.232 e. The van der Waals surface area contributed by atoms with Crippen LogP contribution in [0.1, 0.15) is 37.4 Å². The van der Waals surface area contributed by atoms with Gasteiger partial charge in [-0.1, -0.05) is 12.1 Å². The third kappa shape index (κ3) is 2.56. The van der Waals surface area contributed by atoms with E-state index in [0.29, 0.717) is 35.6 Å². The van der Waals surface area contributed by atoms with Crippen LogP contribution < -0.4 is 9.64 Å². The second-order valence-corrected chi connectivity index (χ2v) is 6.31. The summed E-state index contributed by atoms with van der Waals surface area (Å²) in [5, 5.41) is 0. The lowest BCUT2D eigenvalue weighted by Crippen LogP contribution is -2.40. The van der Waals surface area contributed by atoms with Crippen LogP contribution in [0.15, 0.2) is 58.3 Å². The molecule has 0 fully saturated rings. The normalized spacial score (nSPS) is 20.7. The Balaban J connectivity index is 1.89. The van der Waals surface area contributed by atoms with E-state index in [1.165, 1.54) is 0 Å². The Bertz CT molecular complexity index is 850. The third-order valence-corrected chi connectivity index (χ3v) is 4.89. The highest BCUT2D eigenvalue weighted by Gasteiger charge is 2.41. The number of nitrogens with zero attached hydrogens (tertiary/aromatic N) is 1. The van der Waals surface area contributed by atoms with Crippen LogP contribution in [0.2, 0.25) is 0 Å². The predicted octanol–water partition coefficient (Wildman–Crippen LogP) is 3.82. The van der Waals surface area contributed by atoms with Crippen LogP contribution in [0.5, 0.6) is 5.75 Å². The fourth-order valence-corrected chi connectivity index (χ4v) is 3.82. The summed E-state index contributed by atoms with van der Waals surface area (Å²) in [5.74, 6) is 1.07. The summed E-state index contributed by atoms with van der Waals surface area (Å²) >= 11 is 0. The number of carbonyl (C=O) groups is 2. The Morgan fingerprint density at radius 1 is 1.12 bits per heavy atom. The molecule has 0 N–H and O–H groups in total. The molecule has 0 radical (unpaired) electrons. The molecule has 4 rings (SSSR count). The number of furan rings is 1. The van der Waals surface area contributed by atoms with Crippen LogP contribution in [0, 0.1) is 0 Å².